The summed E-state index contributed by atoms with van der Waals surface area (Å²) in [5.74, 6) is -1.07. The molecule has 1 unspecified atom stereocenters. The molecule has 9 heteroatoms. The van der Waals surface area contributed by atoms with E-state index in [9.17, 15) is 4.79 Å². The van der Waals surface area contributed by atoms with Gasteiger partial charge in [0.2, 0.25) is 5.91 Å². The minimum Gasteiger partial charge on any atom is -0.426 e. The average molecular weight is 437 g/mol. The SMILES string of the molecule is CC[C@@H](NC(C)CC(N)=O)c1ccc(Cl)c(Oc2nc3cc(N)ccc3s2)c1F. The van der Waals surface area contributed by atoms with Gasteiger partial charge in [-0.3, -0.25) is 4.79 Å². The van der Waals surface area contributed by atoms with Gasteiger partial charge in [-0.25, -0.2) is 9.37 Å². The van der Waals surface area contributed by atoms with Crippen molar-refractivity contribution < 1.29 is 13.9 Å². The zero-order valence-electron chi connectivity index (χ0n) is 16.0. The molecule has 1 amide bonds. The molecule has 0 spiro atoms. The largest absolute Gasteiger partial charge is 0.426 e. The second-order valence-electron chi connectivity index (χ2n) is 6.79. The van der Waals surface area contributed by atoms with Gasteiger partial charge >= 0.3 is 0 Å². The number of nitrogens with two attached hydrogens (primary N) is 2. The van der Waals surface area contributed by atoms with Gasteiger partial charge in [0, 0.05) is 29.8 Å². The van der Waals surface area contributed by atoms with Crippen LogP contribution in [0.15, 0.2) is 30.3 Å². The Hall–Kier alpha value is -2.42. The molecule has 0 radical (unpaired) electrons. The summed E-state index contributed by atoms with van der Waals surface area (Å²) in [4.78, 5) is 15.5. The van der Waals surface area contributed by atoms with Crippen molar-refractivity contribution in [2.45, 2.75) is 38.8 Å². The molecule has 5 N–H and O–H groups in total. The van der Waals surface area contributed by atoms with Crippen molar-refractivity contribution in [3.05, 3.63) is 46.7 Å². The smallest absolute Gasteiger partial charge is 0.279 e. The van der Waals surface area contributed by atoms with Crippen LogP contribution >= 0.6 is 22.9 Å². The van der Waals surface area contributed by atoms with Gasteiger partial charge < -0.3 is 21.5 Å². The first-order valence-corrected chi connectivity index (χ1v) is 10.3. The first-order valence-electron chi connectivity index (χ1n) is 9.14. The predicted molar refractivity (Wildman–Crippen MR) is 115 cm³/mol. The van der Waals surface area contributed by atoms with E-state index in [0.717, 1.165) is 4.70 Å². The molecule has 3 rings (SSSR count). The number of amides is 1. The van der Waals surface area contributed by atoms with E-state index < -0.39 is 11.7 Å². The summed E-state index contributed by atoms with van der Waals surface area (Å²) in [7, 11) is 0. The van der Waals surface area contributed by atoms with E-state index in [2.05, 4.69) is 10.3 Å². The van der Waals surface area contributed by atoms with E-state index in [0.29, 0.717) is 23.2 Å². The number of carbonyl (C=O) groups excluding carboxylic acids is 1. The number of nitrogens with one attached hydrogen (secondary N) is 1. The third-order valence-electron chi connectivity index (χ3n) is 4.44. The second kappa shape index (κ2) is 8.94. The van der Waals surface area contributed by atoms with E-state index in [1.165, 1.54) is 11.3 Å². The Morgan fingerprint density at radius 3 is 2.83 bits per heavy atom. The van der Waals surface area contributed by atoms with E-state index in [-0.39, 0.29) is 34.5 Å². The molecule has 3 aromatic rings. The number of nitrogen functional groups attached to an aromatic ring is 1. The van der Waals surface area contributed by atoms with Gasteiger partial charge in [-0.2, -0.15) is 0 Å². The number of primary amides is 1. The fourth-order valence-corrected chi connectivity index (χ4v) is 4.08. The van der Waals surface area contributed by atoms with Crippen LogP contribution in [0.2, 0.25) is 5.02 Å². The van der Waals surface area contributed by atoms with Gasteiger partial charge in [0.15, 0.2) is 11.6 Å². The van der Waals surface area contributed by atoms with Crippen molar-refractivity contribution in [3.63, 3.8) is 0 Å². The van der Waals surface area contributed by atoms with E-state index in [1.54, 1.807) is 24.3 Å². The van der Waals surface area contributed by atoms with Crippen LogP contribution in [0.1, 0.15) is 38.3 Å². The lowest BCUT2D eigenvalue weighted by Crippen LogP contribution is -2.34. The third-order valence-corrected chi connectivity index (χ3v) is 5.65. The zero-order valence-corrected chi connectivity index (χ0v) is 17.6. The van der Waals surface area contributed by atoms with E-state index in [4.69, 9.17) is 27.8 Å². The highest BCUT2D eigenvalue weighted by Crippen LogP contribution is 2.39. The Labute approximate surface area is 177 Å². The zero-order chi connectivity index (χ0) is 21.1. The van der Waals surface area contributed by atoms with Crippen LogP contribution in [0, 0.1) is 5.82 Å². The number of benzene rings is 2. The van der Waals surface area contributed by atoms with Gasteiger partial charge in [0.25, 0.3) is 5.19 Å². The Morgan fingerprint density at radius 1 is 1.38 bits per heavy atom. The first-order chi connectivity index (χ1) is 13.8. The van der Waals surface area contributed by atoms with Crippen molar-refractivity contribution in [2.75, 3.05) is 5.73 Å². The Morgan fingerprint density at radius 2 is 2.14 bits per heavy atom. The molecule has 6 nitrogen and oxygen atoms in total. The molecule has 1 heterocycles. The fraction of sp³-hybridized carbons (Fsp3) is 0.300. The fourth-order valence-electron chi connectivity index (χ4n) is 3.10. The lowest BCUT2D eigenvalue weighted by atomic mass is 10.0. The maximum atomic E-state index is 15.3. The number of thiazole rings is 1. The standard InChI is InChI=1S/C20H22ClFN4O2S/c1-3-14(25-10(2)8-17(24)27)12-5-6-13(21)19(18(12)22)28-20-26-15-9-11(23)4-7-16(15)29-20/h4-7,9-10,14,25H,3,8,23H2,1-2H3,(H2,24,27)/t10?,14-/m1/s1. The number of fused-ring (bicyclic) bond motifs is 1. The minimum atomic E-state index is -0.568. The van der Waals surface area contributed by atoms with Crippen LogP contribution in [0.25, 0.3) is 10.2 Å². The summed E-state index contributed by atoms with van der Waals surface area (Å²) in [6.45, 7) is 3.74. The summed E-state index contributed by atoms with van der Waals surface area (Å²) in [5.41, 5.74) is 12.7. The molecule has 1 aromatic heterocycles. The molecule has 29 heavy (non-hydrogen) atoms. The molecule has 154 valence electrons. The van der Waals surface area contributed by atoms with Crippen LogP contribution in [0.3, 0.4) is 0 Å². The van der Waals surface area contributed by atoms with Crippen LogP contribution in [-0.4, -0.2) is 16.9 Å². The van der Waals surface area contributed by atoms with Crippen LogP contribution in [0.5, 0.6) is 10.9 Å². The number of halogens is 2. The number of rotatable bonds is 8. The van der Waals surface area contributed by atoms with Gasteiger partial charge in [-0.1, -0.05) is 35.9 Å². The highest BCUT2D eigenvalue weighted by Gasteiger charge is 2.23. The molecule has 0 fully saturated rings. The molecule has 0 saturated carbocycles. The van der Waals surface area contributed by atoms with Gasteiger partial charge in [-0.05, 0) is 37.6 Å². The molecule has 0 saturated heterocycles. The van der Waals surface area contributed by atoms with Crippen LogP contribution in [-0.2, 0) is 4.79 Å². The number of aromatic nitrogens is 1. The number of ether oxygens (including phenoxy) is 1. The first kappa shape index (κ1) is 21.3. The minimum absolute atomic E-state index is 0.0843. The van der Waals surface area contributed by atoms with Gasteiger partial charge in [-0.15, -0.1) is 0 Å². The van der Waals surface area contributed by atoms with Crippen molar-refractivity contribution in [2.24, 2.45) is 5.73 Å². The molecule has 0 aliphatic heterocycles. The maximum absolute atomic E-state index is 15.3. The summed E-state index contributed by atoms with van der Waals surface area (Å²) in [5, 5.41) is 3.64. The Kier molecular flexibility index (Phi) is 6.56. The molecule has 0 bridgehead atoms. The lowest BCUT2D eigenvalue weighted by Gasteiger charge is -2.23. The van der Waals surface area contributed by atoms with Gasteiger partial charge in [0.05, 0.1) is 15.2 Å². The lowest BCUT2D eigenvalue weighted by molar-refractivity contribution is -0.118. The normalized spacial score (nSPS) is 13.4. The van der Waals surface area contributed by atoms with Crippen molar-refractivity contribution in [1.29, 1.82) is 0 Å². The molecule has 2 atom stereocenters. The van der Waals surface area contributed by atoms with Gasteiger partial charge in [0.1, 0.15) is 0 Å². The quantitative estimate of drug-likeness (QED) is 0.441. The van der Waals surface area contributed by atoms with Crippen molar-refractivity contribution >= 4 is 44.7 Å². The third kappa shape index (κ3) is 4.95. The second-order valence-corrected chi connectivity index (χ2v) is 8.19. The Bertz CT molecular complexity index is 1040. The number of nitrogens with zero attached hydrogens (tertiary/aromatic N) is 1. The highest BCUT2D eigenvalue weighted by molar-refractivity contribution is 7.20. The molecule has 0 aliphatic carbocycles. The van der Waals surface area contributed by atoms with E-state index in [1.807, 2.05) is 19.9 Å². The average Bonchev–Trinajstić information content (AvgIpc) is 3.04. The number of anilines is 1. The molecular formula is C20H22ClFN4O2S. The van der Waals surface area contributed by atoms with E-state index >= 15 is 4.39 Å². The molecular weight excluding hydrogens is 415 g/mol. The number of carbonyl (C=O) groups is 1. The van der Waals surface area contributed by atoms with Crippen molar-refractivity contribution in [3.8, 4) is 10.9 Å². The summed E-state index contributed by atoms with van der Waals surface area (Å²) < 4.78 is 21.9. The summed E-state index contributed by atoms with van der Waals surface area (Å²) in [6, 6.07) is 7.99. The molecule has 0 aliphatic rings. The molecule has 2 aromatic carbocycles. The predicted octanol–water partition coefficient (Wildman–Crippen LogP) is 4.77. The maximum Gasteiger partial charge on any atom is 0.279 e. The van der Waals surface area contributed by atoms with Crippen LogP contribution in [0.4, 0.5) is 10.1 Å². The topological polar surface area (TPSA) is 103 Å². The van der Waals surface area contributed by atoms with Crippen LogP contribution < -0.4 is 21.5 Å². The number of hydrogen-bond acceptors (Lipinski definition) is 6. The monoisotopic (exact) mass is 436 g/mol. The highest BCUT2D eigenvalue weighted by atomic mass is 35.5. The summed E-state index contributed by atoms with van der Waals surface area (Å²) in [6.07, 6.45) is 0.755. The number of hydrogen-bond donors (Lipinski definition) is 3. The van der Waals surface area contributed by atoms with Crippen molar-refractivity contribution in [1.82, 2.24) is 10.3 Å². The Balaban J connectivity index is 1.89. The summed E-state index contributed by atoms with van der Waals surface area (Å²) >= 11 is 7.48.